The number of benzene rings is 3. The maximum atomic E-state index is 12.9. The van der Waals surface area contributed by atoms with E-state index in [1.165, 1.54) is 24.3 Å². The SMILES string of the molecule is Cc1cccc(OCc2ccc(C(=O)Oc3ccc(F)cc3)cc2)c1. The van der Waals surface area contributed by atoms with Crippen molar-refractivity contribution < 1.29 is 18.7 Å². The van der Waals surface area contributed by atoms with Crippen LogP contribution in [-0.4, -0.2) is 5.97 Å². The molecule has 0 heterocycles. The third kappa shape index (κ3) is 4.67. The van der Waals surface area contributed by atoms with Crippen molar-refractivity contribution in [2.75, 3.05) is 0 Å². The number of halogens is 1. The van der Waals surface area contributed by atoms with Crippen molar-refractivity contribution in [1.29, 1.82) is 0 Å². The molecule has 0 spiro atoms. The molecule has 0 atom stereocenters. The molecule has 0 saturated carbocycles. The molecule has 0 N–H and O–H groups in total. The molecular formula is C21H17FO3. The molecule has 0 bridgehead atoms. The first-order valence-electron chi connectivity index (χ1n) is 7.86. The van der Waals surface area contributed by atoms with Gasteiger partial charge in [0.1, 0.15) is 23.9 Å². The van der Waals surface area contributed by atoms with Gasteiger partial charge in [-0.2, -0.15) is 0 Å². The Labute approximate surface area is 145 Å². The molecule has 3 nitrogen and oxygen atoms in total. The van der Waals surface area contributed by atoms with Crippen molar-refractivity contribution in [1.82, 2.24) is 0 Å². The summed E-state index contributed by atoms with van der Waals surface area (Å²) in [5.41, 5.74) is 2.50. The zero-order chi connectivity index (χ0) is 17.6. The first kappa shape index (κ1) is 16.7. The topological polar surface area (TPSA) is 35.5 Å². The van der Waals surface area contributed by atoms with E-state index in [4.69, 9.17) is 9.47 Å². The van der Waals surface area contributed by atoms with Crippen LogP contribution in [0.1, 0.15) is 21.5 Å². The monoisotopic (exact) mass is 336 g/mol. The lowest BCUT2D eigenvalue weighted by Gasteiger charge is -2.08. The van der Waals surface area contributed by atoms with Crippen LogP contribution in [-0.2, 0) is 6.61 Å². The zero-order valence-electron chi connectivity index (χ0n) is 13.7. The smallest absolute Gasteiger partial charge is 0.343 e. The van der Waals surface area contributed by atoms with Gasteiger partial charge in [0.05, 0.1) is 5.56 Å². The third-order valence-electron chi connectivity index (χ3n) is 3.61. The Morgan fingerprint density at radius 2 is 1.64 bits per heavy atom. The van der Waals surface area contributed by atoms with E-state index >= 15 is 0 Å². The number of carbonyl (C=O) groups is 1. The molecule has 25 heavy (non-hydrogen) atoms. The van der Waals surface area contributed by atoms with E-state index in [0.717, 1.165) is 16.9 Å². The molecule has 126 valence electrons. The van der Waals surface area contributed by atoms with Crippen LogP contribution in [0.4, 0.5) is 4.39 Å². The largest absolute Gasteiger partial charge is 0.489 e. The van der Waals surface area contributed by atoms with Crippen molar-refractivity contribution in [3.05, 3.63) is 95.3 Å². The zero-order valence-corrected chi connectivity index (χ0v) is 13.7. The fourth-order valence-electron chi connectivity index (χ4n) is 2.28. The Morgan fingerprint density at radius 3 is 2.32 bits per heavy atom. The molecule has 0 aliphatic carbocycles. The molecule has 0 amide bonds. The number of ether oxygens (including phenoxy) is 2. The Kier molecular flexibility index (Phi) is 5.09. The van der Waals surface area contributed by atoms with Crippen molar-refractivity contribution in [3.63, 3.8) is 0 Å². The molecule has 0 unspecified atom stereocenters. The van der Waals surface area contributed by atoms with Crippen molar-refractivity contribution in [3.8, 4) is 11.5 Å². The fourth-order valence-corrected chi connectivity index (χ4v) is 2.28. The van der Waals surface area contributed by atoms with Crippen LogP contribution in [0, 0.1) is 12.7 Å². The highest BCUT2D eigenvalue weighted by Gasteiger charge is 2.09. The highest BCUT2D eigenvalue weighted by Crippen LogP contribution is 2.16. The summed E-state index contributed by atoms with van der Waals surface area (Å²) in [6, 6.07) is 20.1. The predicted octanol–water partition coefficient (Wildman–Crippen LogP) is 4.93. The minimum atomic E-state index is -0.488. The van der Waals surface area contributed by atoms with Crippen LogP contribution < -0.4 is 9.47 Å². The fraction of sp³-hybridized carbons (Fsp3) is 0.0952. The lowest BCUT2D eigenvalue weighted by molar-refractivity contribution is 0.0734. The summed E-state index contributed by atoms with van der Waals surface area (Å²) in [7, 11) is 0. The van der Waals surface area contributed by atoms with E-state index in [0.29, 0.717) is 17.9 Å². The third-order valence-corrected chi connectivity index (χ3v) is 3.61. The van der Waals surface area contributed by atoms with Crippen LogP contribution in [0.3, 0.4) is 0 Å². The highest BCUT2D eigenvalue weighted by atomic mass is 19.1. The number of carbonyl (C=O) groups excluding carboxylic acids is 1. The predicted molar refractivity (Wildman–Crippen MR) is 93.3 cm³/mol. The van der Waals surface area contributed by atoms with E-state index < -0.39 is 5.97 Å². The molecule has 0 saturated heterocycles. The average Bonchev–Trinajstić information content (AvgIpc) is 2.62. The van der Waals surface area contributed by atoms with Crippen LogP contribution in [0.25, 0.3) is 0 Å². The molecule has 3 aromatic rings. The van der Waals surface area contributed by atoms with Gasteiger partial charge in [-0.05, 0) is 66.6 Å². The number of aryl methyl sites for hydroxylation is 1. The Balaban J connectivity index is 1.59. The van der Waals surface area contributed by atoms with Crippen molar-refractivity contribution >= 4 is 5.97 Å². The molecular weight excluding hydrogens is 319 g/mol. The summed E-state index contributed by atoms with van der Waals surface area (Å²) in [5.74, 6) is 0.244. The quantitative estimate of drug-likeness (QED) is 0.489. The normalized spacial score (nSPS) is 10.3. The molecule has 4 heteroatoms. The second kappa shape index (κ2) is 7.62. The lowest BCUT2D eigenvalue weighted by atomic mass is 10.1. The Bertz CT molecular complexity index is 855. The second-order valence-corrected chi connectivity index (χ2v) is 5.65. The molecule has 0 aliphatic rings. The summed E-state index contributed by atoms with van der Waals surface area (Å²) >= 11 is 0. The molecule has 3 rings (SSSR count). The number of rotatable bonds is 5. The maximum absolute atomic E-state index is 12.9. The summed E-state index contributed by atoms with van der Waals surface area (Å²) in [6.45, 7) is 2.42. The van der Waals surface area contributed by atoms with Crippen molar-refractivity contribution in [2.24, 2.45) is 0 Å². The van der Waals surface area contributed by atoms with Gasteiger partial charge >= 0.3 is 5.97 Å². The van der Waals surface area contributed by atoms with Crippen molar-refractivity contribution in [2.45, 2.75) is 13.5 Å². The second-order valence-electron chi connectivity index (χ2n) is 5.65. The minimum absolute atomic E-state index is 0.304. The average molecular weight is 336 g/mol. The van der Waals surface area contributed by atoms with E-state index in [-0.39, 0.29) is 5.82 Å². The van der Waals surface area contributed by atoms with E-state index in [9.17, 15) is 9.18 Å². The van der Waals surface area contributed by atoms with Gasteiger partial charge in [-0.15, -0.1) is 0 Å². The number of hydrogen-bond donors (Lipinski definition) is 0. The van der Waals surface area contributed by atoms with Gasteiger partial charge in [-0.3, -0.25) is 0 Å². The summed E-state index contributed by atoms with van der Waals surface area (Å²) in [6.07, 6.45) is 0. The first-order valence-corrected chi connectivity index (χ1v) is 7.86. The van der Waals surface area contributed by atoms with Crippen LogP contribution in [0.5, 0.6) is 11.5 Å². The van der Waals surface area contributed by atoms with Gasteiger partial charge in [0, 0.05) is 0 Å². The molecule has 0 aromatic heterocycles. The maximum Gasteiger partial charge on any atom is 0.343 e. The van der Waals surface area contributed by atoms with Gasteiger partial charge < -0.3 is 9.47 Å². The summed E-state index contributed by atoms with van der Waals surface area (Å²) in [5, 5.41) is 0. The van der Waals surface area contributed by atoms with Crippen LogP contribution >= 0.6 is 0 Å². The van der Waals surface area contributed by atoms with E-state index in [1.807, 2.05) is 43.3 Å². The van der Waals surface area contributed by atoms with Gasteiger partial charge in [0.2, 0.25) is 0 Å². The molecule has 0 fully saturated rings. The Hall–Kier alpha value is -3.14. The molecule has 3 aromatic carbocycles. The number of esters is 1. The molecule has 0 aliphatic heterocycles. The van der Waals surface area contributed by atoms with Gasteiger partial charge in [-0.1, -0.05) is 24.3 Å². The van der Waals surface area contributed by atoms with Crippen LogP contribution in [0.2, 0.25) is 0 Å². The van der Waals surface area contributed by atoms with E-state index in [1.54, 1.807) is 12.1 Å². The minimum Gasteiger partial charge on any atom is -0.489 e. The standard InChI is InChI=1S/C21H17FO3/c1-15-3-2-4-20(13-15)24-14-16-5-7-17(8-6-16)21(23)25-19-11-9-18(22)10-12-19/h2-13H,14H2,1H3. The van der Waals surface area contributed by atoms with Crippen LogP contribution in [0.15, 0.2) is 72.8 Å². The lowest BCUT2D eigenvalue weighted by Crippen LogP contribution is -2.08. The summed E-state index contributed by atoms with van der Waals surface area (Å²) in [4.78, 5) is 12.1. The van der Waals surface area contributed by atoms with Gasteiger partial charge in [-0.25, -0.2) is 9.18 Å². The molecule has 0 radical (unpaired) electrons. The highest BCUT2D eigenvalue weighted by molar-refractivity contribution is 5.91. The first-order chi connectivity index (χ1) is 12.1. The van der Waals surface area contributed by atoms with Gasteiger partial charge in [0.25, 0.3) is 0 Å². The number of hydrogen-bond acceptors (Lipinski definition) is 3. The summed E-state index contributed by atoms with van der Waals surface area (Å²) < 4.78 is 23.8. The van der Waals surface area contributed by atoms with E-state index in [2.05, 4.69) is 0 Å². The Morgan fingerprint density at radius 1 is 0.920 bits per heavy atom. The van der Waals surface area contributed by atoms with Gasteiger partial charge in [0.15, 0.2) is 0 Å².